The Morgan fingerprint density at radius 2 is 1.94 bits per heavy atom. The standard InChI is InChI=1S/C12H26N2O4/c1-10(9-12(2,14)11(13)15)18-8-7-17-6-4-5-16-3/h10H,4-9,14H2,1-3H3,(H2,13,15). The third kappa shape index (κ3) is 8.41. The Kier molecular flexibility index (Phi) is 8.91. The number of primary amides is 1. The predicted molar refractivity (Wildman–Crippen MR) is 69.1 cm³/mol. The Bertz CT molecular complexity index is 234. The first kappa shape index (κ1) is 17.3. The maximum atomic E-state index is 11.0. The summed E-state index contributed by atoms with van der Waals surface area (Å²) >= 11 is 0. The van der Waals surface area contributed by atoms with Gasteiger partial charge in [0.25, 0.3) is 0 Å². The van der Waals surface area contributed by atoms with Gasteiger partial charge in [0.15, 0.2) is 0 Å². The fourth-order valence-corrected chi connectivity index (χ4v) is 1.47. The molecule has 6 nitrogen and oxygen atoms in total. The quantitative estimate of drug-likeness (QED) is 0.512. The van der Waals surface area contributed by atoms with E-state index in [1.807, 2.05) is 6.92 Å². The van der Waals surface area contributed by atoms with Crippen molar-refractivity contribution in [2.24, 2.45) is 11.5 Å². The van der Waals surface area contributed by atoms with Gasteiger partial charge in [0.2, 0.25) is 5.91 Å². The molecule has 0 spiro atoms. The number of hydrogen-bond donors (Lipinski definition) is 2. The lowest BCUT2D eigenvalue weighted by Gasteiger charge is -2.24. The number of rotatable bonds is 11. The Balaban J connectivity index is 3.54. The van der Waals surface area contributed by atoms with Crippen LogP contribution in [0.25, 0.3) is 0 Å². The van der Waals surface area contributed by atoms with E-state index in [0.717, 1.165) is 6.42 Å². The molecule has 4 N–H and O–H groups in total. The van der Waals surface area contributed by atoms with E-state index in [9.17, 15) is 4.79 Å². The van der Waals surface area contributed by atoms with E-state index in [2.05, 4.69) is 0 Å². The minimum atomic E-state index is -1.03. The van der Waals surface area contributed by atoms with Crippen molar-refractivity contribution in [2.45, 2.75) is 38.3 Å². The maximum absolute atomic E-state index is 11.0. The van der Waals surface area contributed by atoms with Gasteiger partial charge in [-0.15, -0.1) is 0 Å². The zero-order valence-corrected chi connectivity index (χ0v) is 11.6. The van der Waals surface area contributed by atoms with E-state index >= 15 is 0 Å². The van der Waals surface area contributed by atoms with Crippen LogP contribution in [-0.4, -0.2) is 51.1 Å². The molecular formula is C12H26N2O4. The lowest BCUT2D eigenvalue weighted by molar-refractivity contribution is -0.124. The van der Waals surface area contributed by atoms with E-state index in [0.29, 0.717) is 32.8 Å². The number of nitrogens with two attached hydrogens (primary N) is 2. The van der Waals surface area contributed by atoms with E-state index < -0.39 is 11.4 Å². The number of ether oxygens (including phenoxy) is 3. The monoisotopic (exact) mass is 262 g/mol. The molecule has 0 radical (unpaired) electrons. The van der Waals surface area contributed by atoms with Crippen LogP contribution in [0.15, 0.2) is 0 Å². The molecule has 6 heteroatoms. The average Bonchev–Trinajstić information content (AvgIpc) is 2.27. The normalized spacial score (nSPS) is 16.2. The molecule has 0 saturated heterocycles. The second-order valence-corrected chi connectivity index (χ2v) is 4.63. The molecule has 0 aromatic heterocycles. The minimum absolute atomic E-state index is 0.130. The molecule has 0 aliphatic rings. The highest BCUT2D eigenvalue weighted by Gasteiger charge is 2.28. The highest BCUT2D eigenvalue weighted by molar-refractivity contribution is 5.83. The number of amides is 1. The van der Waals surface area contributed by atoms with Gasteiger partial charge in [0, 0.05) is 20.3 Å². The van der Waals surface area contributed by atoms with Crippen molar-refractivity contribution in [1.29, 1.82) is 0 Å². The Labute approximate surface area is 109 Å². The molecular weight excluding hydrogens is 236 g/mol. The fraction of sp³-hybridized carbons (Fsp3) is 0.917. The summed E-state index contributed by atoms with van der Waals surface area (Å²) in [6.07, 6.45) is 1.13. The summed E-state index contributed by atoms with van der Waals surface area (Å²) in [4.78, 5) is 11.0. The second kappa shape index (κ2) is 9.27. The second-order valence-electron chi connectivity index (χ2n) is 4.63. The van der Waals surface area contributed by atoms with Crippen LogP contribution < -0.4 is 11.5 Å². The van der Waals surface area contributed by atoms with E-state index in [1.165, 1.54) is 0 Å². The van der Waals surface area contributed by atoms with Crippen molar-refractivity contribution < 1.29 is 19.0 Å². The number of methoxy groups -OCH3 is 1. The number of carbonyl (C=O) groups excluding carboxylic acids is 1. The molecule has 0 aliphatic heterocycles. The summed E-state index contributed by atoms with van der Waals surface area (Å²) < 4.78 is 15.7. The van der Waals surface area contributed by atoms with Gasteiger partial charge in [-0.2, -0.15) is 0 Å². The van der Waals surface area contributed by atoms with Gasteiger partial charge < -0.3 is 25.7 Å². The zero-order chi connectivity index (χ0) is 14.0. The van der Waals surface area contributed by atoms with Crippen LogP contribution in [0.3, 0.4) is 0 Å². The molecule has 18 heavy (non-hydrogen) atoms. The van der Waals surface area contributed by atoms with E-state index in [1.54, 1.807) is 14.0 Å². The Morgan fingerprint density at radius 3 is 2.50 bits per heavy atom. The van der Waals surface area contributed by atoms with Gasteiger partial charge in [0.1, 0.15) is 0 Å². The molecule has 0 bridgehead atoms. The van der Waals surface area contributed by atoms with Gasteiger partial charge in [0.05, 0.1) is 24.9 Å². The first-order valence-electron chi connectivity index (χ1n) is 6.17. The molecule has 2 atom stereocenters. The summed E-state index contributed by atoms with van der Waals surface area (Å²) in [5, 5.41) is 0. The van der Waals surface area contributed by atoms with E-state index in [-0.39, 0.29) is 6.10 Å². The Morgan fingerprint density at radius 1 is 1.28 bits per heavy atom. The molecule has 0 saturated carbocycles. The molecule has 0 fully saturated rings. The first-order chi connectivity index (χ1) is 8.40. The van der Waals surface area contributed by atoms with Crippen LogP contribution in [0.2, 0.25) is 0 Å². The predicted octanol–water partition coefficient (Wildman–Crippen LogP) is 0.0374. The van der Waals surface area contributed by atoms with Crippen LogP contribution in [0.5, 0.6) is 0 Å². The third-order valence-corrected chi connectivity index (χ3v) is 2.54. The van der Waals surface area contributed by atoms with Crippen LogP contribution in [0, 0.1) is 0 Å². The Hall–Kier alpha value is -0.690. The van der Waals surface area contributed by atoms with Crippen LogP contribution in [0.4, 0.5) is 0 Å². The largest absolute Gasteiger partial charge is 0.385 e. The smallest absolute Gasteiger partial charge is 0.237 e. The summed E-state index contributed by atoms with van der Waals surface area (Å²) in [5.74, 6) is -0.520. The SMILES string of the molecule is COCCCOCCOC(C)CC(C)(N)C(N)=O. The van der Waals surface area contributed by atoms with Gasteiger partial charge in [-0.1, -0.05) is 0 Å². The molecule has 0 aromatic carbocycles. The molecule has 2 unspecified atom stereocenters. The van der Waals surface area contributed by atoms with Crippen molar-refractivity contribution in [2.75, 3.05) is 33.5 Å². The van der Waals surface area contributed by atoms with Crippen molar-refractivity contribution in [1.82, 2.24) is 0 Å². The van der Waals surface area contributed by atoms with Gasteiger partial charge in [-0.05, 0) is 26.7 Å². The number of carbonyl (C=O) groups is 1. The van der Waals surface area contributed by atoms with Crippen molar-refractivity contribution in [3.05, 3.63) is 0 Å². The van der Waals surface area contributed by atoms with Gasteiger partial charge in [-0.25, -0.2) is 0 Å². The highest BCUT2D eigenvalue weighted by Crippen LogP contribution is 2.10. The highest BCUT2D eigenvalue weighted by atomic mass is 16.5. The molecule has 0 aliphatic carbocycles. The molecule has 1 amide bonds. The number of hydrogen-bond acceptors (Lipinski definition) is 5. The van der Waals surface area contributed by atoms with E-state index in [4.69, 9.17) is 25.7 Å². The lowest BCUT2D eigenvalue weighted by atomic mass is 9.95. The molecule has 0 rings (SSSR count). The zero-order valence-electron chi connectivity index (χ0n) is 11.6. The fourth-order valence-electron chi connectivity index (χ4n) is 1.47. The van der Waals surface area contributed by atoms with Crippen molar-refractivity contribution >= 4 is 5.91 Å². The van der Waals surface area contributed by atoms with Gasteiger partial charge >= 0.3 is 0 Å². The van der Waals surface area contributed by atoms with Crippen LogP contribution in [-0.2, 0) is 19.0 Å². The summed E-state index contributed by atoms with van der Waals surface area (Å²) in [5.41, 5.74) is 9.90. The minimum Gasteiger partial charge on any atom is -0.385 e. The first-order valence-corrected chi connectivity index (χ1v) is 6.17. The van der Waals surface area contributed by atoms with Crippen molar-refractivity contribution in [3.8, 4) is 0 Å². The van der Waals surface area contributed by atoms with Gasteiger partial charge in [-0.3, -0.25) is 4.79 Å². The van der Waals surface area contributed by atoms with Crippen LogP contribution in [0.1, 0.15) is 26.7 Å². The van der Waals surface area contributed by atoms with Crippen LogP contribution >= 0.6 is 0 Å². The average molecular weight is 262 g/mol. The molecule has 0 heterocycles. The third-order valence-electron chi connectivity index (χ3n) is 2.54. The summed E-state index contributed by atoms with van der Waals surface area (Å²) in [6, 6.07) is 0. The topological polar surface area (TPSA) is 96.8 Å². The molecule has 108 valence electrons. The lowest BCUT2D eigenvalue weighted by Crippen LogP contribution is -2.51. The maximum Gasteiger partial charge on any atom is 0.237 e. The summed E-state index contributed by atoms with van der Waals surface area (Å²) in [6.45, 7) is 5.81. The summed E-state index contributed by atoms with van der Waals surface area (Å²) in [7, 11) is 1.66. The molecule has 0 aromatic rings. The van der Waals surface area contributed by atoms with Crippen molar-refractivity contribution in [3.63, 3.8) is 0 Å².